The van der Waals surface area contributed by atoms with Gasteiger partial charge in [-0.2, -0.15) is 5.26 Å². The van der Waals surface area contributed by atoms with Gasteiger partial charge in [0.1, 0.15) is 29.1 Å². The van der Waals surface area contributed by atoms with Gasteiger partial charge in [-0.1, -0.05) is 27.7 Å². The first-order valence-electron chi connectivity index (χ1n) is 12.8. The van der Waals surface area contributed by atoms with Crippen LogP contribution in [-0.2, 0) is 25.7 Å². The van der Waals surface area contributed by atoms with Crippen molar-refractivity contribution in [2.24, 2.45) is 17.3 Å². The Morgan fingerprint density at radius 2 is 2.03 bits per heavy atom. The second-order valence-electron chi connectivity index (χ2n) is 11.0. The summed E-state index contributed by atoms with van der Waals surface area (Å²) in [6, 6.07) is 2.27. The molecule has 3 N–H and O–H groups in total. The summed E-state index contributed by atoms with van der Waals surface area (Å²) in [6.45, 7) is 8.28. The van der Waals surface area contributed by atoms with Crippen molar-refractivity contribution in [2.75, 3.05) is 0 Å². The maximum Gasteiger partial charge on any atom is 0.309 e. The molecule has 1 aromatic heterocycles. The fourth-order valence-corrected chi connectivity index (χ4v) is 5.63. The number of aliphatic hydroxyl groups excluding tert-OH is 3. The van der Waals surface area contributed by atoms with Crippen LogP contribution in [0.2, 0.25) is 0 Å². The third-order valence-electron chi connectivity index (χ3n) is 7.84. The van der Waals surface area contributed by atoms with Crippen molar-refractivity contribution in [3.63, 3.8) is 0 Å². The average molecular weight is 535 g/mol. The molecule has 0 radical (unpaired) electrons. The summed E-state index contributed by atoms with van der Waals surface area (Å²) < 4.78 is 11.6. The van der Waals surface area contributed by atoms with Gasteiger partial charge >= 0.3 is 5.97 Å². The minimum atomic E-state index is -1.31. The van der Waals surface area contributed by atoms with Gasteiger partial charge in [0.15, 0.2) is 5.60 Å². The van der Waals surface area contributed by atoms with Crippen LogP contribution in [0.15, 0.2) is 11.0 Å². The van der Waals surface area contributed by atoms with E-state index < -0.39 is 53.7 Å². The molecule has 0 amide bonds. The number of carbonyl (C=O) groups excluding carboxylic acids is 2. The third-order valence-corrected chi connectivity index (χ3v) is 8.69. The monoisotopic (exact) mass is 534 g/mol. The number of aromatic nitrogens is 1. The highest BCUT2D eigenvalue weighted by Crippen LogP contribution is 2.45. The number of nitrogens with zero attached hydrogens (tertiary/aromatic N) is 2. The molecule has 0 bridgehead atoms. The second-order valence-corrected chi connectivity index (χ2v) is 11.9. The number of Topliss-reactive ketones (excluding diaryl/α,β-unsaturated/α-hetero) is 1. The van der Waals surface area contributed by atoms with E-state index in [9.17, 15) is 30.2 Å². The zero-order valence-corrected chi connectivity index (χ0v) is 23.0. The summed E-state index contributed by atoms with van der Waals surface area (Å²) in [5.74, 6) is -1.94. The molecule has 2 fully saturated rings. The lowest BCUT2D eigenvalue weighted by Gasteiger charge is -2.34. The Bertz CT molecular complexity index is 1060. The first kappa shape index (κ1) is 29.4. The molecule has 0 spiro atoms. The molecule has 2 aliphatic heterocycles. The second kappa shape index (κ2) is 11.7. The summed E-state index contributed by atoms with van der Waals surface area (Å²) in [5, 5.41) is 43.2. The number of esters is 1. The predicted octanol–water partition coefficient (Wildman–Crippen LogP) is 3.17. The number of thiazole rings is 1. The highest BCUT2D eigenvalue weighted by Gasteiger charge is 2.57. The van der Waals surface area contributed by atoms with Gasteiger partial charge in [-0.05, 0) is 43.8 Å². The third kappa shape index (κ3) is 6.65. The number of fused-ring (bicyclic) bond motifs is 1. The van der Waals surface area contributed by atoms with E-state index in [1.54, 1.807) is 39.2 Å². The largest absolute Gasteiger partial charge is 0.458 e. The Morgan fingerprint density at radius 1 is 1.32 bits per heavy atom. The molecular weight excluding hydrogens is 496 g/mol. The van der Waals surface area contributed by atoms with Crippen LogP contribution in [0.4, 0.5) is 0 Å². The SMILES string of the molecule is CC(=Cc1csc(CO)n1)[C@@H]1CC2O[C@@]2(C#N)CCC[C@H](C)[C@H](O)[C@@H](C)C(=O)C(C)(C)[C@@H](O)CC(=O)O1. The van der Waals surface area contributed by atoms with E-state index in [1.165, 1.54) is 11.3 Å². The molecule has 2 saturated heterocycles. The lowest BCUT2D eigenvalue weighted by molar-refractivity contribution is -0.154. The lowest BCUT2D eigenvalue weighted by Crippen LogP contribution is -2.45. The summed E-state index contributed by atoms with van der Waals surface area (Å²) in [6.07, 6.45) is -0.0780. The van der Waals surface area contributed by atoms with E-state index in [1.807, 2.05) is 6.92 Å². The van der Waals surface area contributed by atoms with Gasteiger partial charge in [0.05, 0.1) is 36.3 Å². The van der Waals surface area contributed by atoms with E-state index >= 15 is 0 Å². The summed E-state index contributed by atoms with van der Waals surface area (Å²) >= 11 is 1.31. The van der Waals surface area contributed by atoms with Gasteiger partial charge in [0.2, 0.25) is 0 Å². The summed E-state index contributed by atoms with van der Waals surface area (Å²) in [5.41, 5.74) is -0.957. The Labute approximate surface area is 222 Å². The minimum absolute atomic E-state index is 0.169. The van der Waals surface area contributed by atoms with Crippen molar-refractivity contribution < 1.29 is 34.4 Å². The van der Waals surface area contributed by atoms with Crippen LogP contribution < -0.4 is 0 Å². The van der Waals surface area contributed by atoms with Crippen molar-refractivity contribution in [2.45, 2.75) is 103 Å². The van der Waals surface area contributed by atoms with Gasteiger partial charge in [0, 0.05) is 17.7 Å². The number of aliphatic hydroxyl groups is 3. The highest BCUT2D eigenvalue weighted by atomic mass is 32.1. The lowest BCUT2D eigenvalue weighted by atomic mass is 9.73. The van der Waals surface area contributed by atoms with E-state index in [0.717, 1.165) is 0 Å². The molecule has 204 valence electrons. The number of hydrogen-bond acceptors (Lipinski definition) is 10. The number of ketones is 1. The van der Waals surface area contributed by atoms with Gasteiger partial charge in [-0.25, -0.2) is 4.98 Å². The van der Waals surface area contributed by atoms with Crippen molar-refractivity contribution in [1.82, 2.24) is 4.98 Å². The first-order valence-corrected chi connectivity index (χ1v) is 13.6. The molecule has 1 unspecified atom stereocenters. The summed E-state index contributed by atoms with van der Waals surface area (Å²) in [7, 11) is 0. The van der Waals surface area contributed by atoms with Gasteiger partial charge in [0.25, 0.3) is 0 Å². The molecule has 2 aliphatic rings. The van der Waals surface area contributed by atoms with Crippen molar-refractivity contribution in [1.29, 1.82) is 5.26 Å². The Kier molecular flexibility index (Phi) is 9.30. The Balaban J connectivity index is 1.89. The van der Waals surface area contributed by atoms with Crippen LogP contribution in [0.5, 0.6) is 0 Å². The molecule has 3 rings (SSSR count). The normalized spacial score (nSPS) is 35.8. The van der Waals surface area contributed by atoms with E-state index in [0.29, 0.717) is 35.5 Å². The number of ether oxygens (including phenoxy) is 2. The molecule has 10 heteroatoms. The zero-order valence-electron chi connectivity index (χ0n) is 22.1. The van der Waals surface area contributed by atoms with Crippen molar-refractivity contribution >= 4 is 29.2 Å². The molecule has 7 atom stereocenters. The Morgan fingerprint density at radius 3 is 2.65 bits per heavy atom. The van der Waals surface area contributed by atoms with Crippen LogP contribution in [0, 0.1) is 28.6 Å². The number of cyclic esters (lactones) is 1. The average Bonchev–Trinajstić information content (AvgIpc) is 3.34. The van der Waals surface area contributed by atoms with E-state index in [-0.39, 0.29) is 24.7 Å². The number of rotatable bonds is 3. The van der Waals surface area contributed by atoms with Crippen LogP contribution in [0.1, 0.15) is 77.4 Å². The smallest absolute Gasteiger partial charge is 0.309 e. The molecular formula is C27H38N2O7S. The van der Waals surface area contributed by atoms with Gasteiger partial charge < -0.3 is 24.8 Å². The first-order chi connectivity index (χ1) is 17.3. The van der Waals surface area contributed by atoms with Crippen LogP contribution in [-0.4, -0.2) is 62.1 Å². The fraction of sp³-hybridized carbons (Fsp3) is 0.704. The van der Waals surface area contributed by atoms with Crippen LogP contribution in [0.3, 0.4) is 0 Å². The molecule has 9 nitrogen and oxygen atoms in total. The zero-order chi connectivity index (χ0) is 27.5. The molecule has 37 heavy (non-hydrogen) atoms. The van der Waals surface area contributed by atoms with E-state index in [2.05, 4.69) is 11.1 Å². The fourth-order valence-electron chi connectivity index (χ4n) is 5.02. The number of nitriles is 1. The maximum atomic E-state index is 13.2. The number of carbonyl (C=O) groups is 2. The van der Waals surface area contributed by atoms with Gasteiger partial charge in [-0.15, -0.1) is 11.3 Å². The number of epoxide rings is 1. The maximum absolute atomic E-state index is 13.2. The molecule has 3 heterocycles. The van der Waals surface area contributed by atoms with Crippen LogP contribution >= 0.6 is 11.3 Å². The van der Waals surface area contributed by atoms with Crippen molar-refractivity contribution in [3.05, 3.63) is 21.7 Å². The Hall–Kier alpha value is -2.16. The highest BCUT2D eigenvalue weighted by molar-refractivity contribution is 7.09. The molecule has 0 saturated carbocycles. The van der Waals surface area contributed by atoms with Crippen molar-refractivity contribution in [3.8, 4) is 6.07 Å². The van der Waals surface area contributed by atoms with E-state index in [4.69, 9.17) is 9.47 Å². The number of hydrogen-bond donors (Lipinski definition) is 3. The topological polar surface area (TPSA) is 153 Å². The van der Waals surface area contributed by atoms with Gasteiger partial charge in [-0.3, -0.25) is 9.59 Å². The minimum Gasteiger partial charge on any atom is -0.458 e. The summed E-state index contributed by atoms with van der Waals surface area (Å²) in [4.78, 5) is 30.5. The molecule has 0 aromatic carbocycles. The quantitative estimate of drug-likeness (QED) is 0.392. The molecule has 1 aromatic rings. The standard InChI is InChI=1S/C27H38N2O7S/c1-15-7-6-8-27(14-28)21(36-27)10-19(16(2)9-18-13-37-22(12-30)29-18)35-23(32)11-20(31)26(4,5)25(34)17(3)24(15)33/h9,13,15,17,19-21,24,30-31,33H,6-8,10-12H2,1-5H3/t15-,17+,19-,20-,21?,24-,27+/m0/s1. The molecule has 0 aliphatic carbocycles. The predicted molar refractivity (Wildman–Crippen MR) is 137 cm³/mol. The van der Waals surface area contributed by atoms with Crippen LogP contribution in [0.25, 0.3) is 6.08 Å².